The minimum Gasteiger partial charge on any atom is -0.446 e. The van der Waals surface area contributed by atoms with Crippen molar-refractivity contribution in [1.82, 2.24) is 9.47 Å². The Morgan fingerprint density at radius 2 is 1.77 bits per heavy atom. The van der Waals surface area contributed by atoms with Crippen molar-refractivity contribution in [2.45, 2.75) is 71.2 Å². The number of ether oxygens (including phenoxy) is 1. The third kappa shape index (κ3) is 5.11. The Morgan fingerprint density at radius 1 is 1.10 bits per heavy atom. The van der Waals surface area contributed by atoms with Gasteiger partial charge >= 0.3 is 6.09 Å². The molecule has 1 N–H and O–H groups in total. The zero-order valence-electron chi connectivity index (χ0n) is 18.3. The first-order valence-electron chi connectivity index (χ1n) is 10.7. The summed E-state index contributed by atoms with van der Waals surface area (Å²) in [6.07, 6.45) is 3.25. The Kier molecular flexibility index (Phi) is 6.66. The molecule has 6 heteroatoms. The van der Waals surface area contributed by atoms with E-state index in [9.17, 15) is 14.7 Å². The standard InChI is InChI=1S/C24H32N2O4/c1-5-21(26-14-13-20(30-23(26)28)15-24(3,4)29)18-9-7-17(8-10-18)19-11-12-22(27)25(6-2)16-19/h7-12,16,20-21,29H,5-6,13-15H2,1-4H3. The van der Waals surface area contributed by atoms with Crippen LogP contribution in [0.1, 0.15) is 58.6 Å². The van der Waals surface area contributed by atoms with Crippen LogP contribution in [0, 0.1) is 0 Å². The van der Waals surface area contributed by atoms with E-state index in [1.54, 1.807) is 29.4 Å². The van der Waals surface area contributed by atoms with Gasteiger partial charge in [-0.25, -0.2) is 4.79 Å². The number of rotatable bonds is 7. The van der Waals surface area contributed by atoms with Crippen LogP contribution in [0.15, 0.2) is 47.4 Å². The quantitative estimate of drug-likeness (QED) is 0.733. The maximum absolute atomic E-state index is 12.6. The average Bonchev–Trinajstić information content (AvgIpc) is 2.70. The lowest BCUT2D eigenvalue weighted by atomic mass is 9.96. The van der Waals surface area contributed by atoms with Crippen LogP contribution in [0.3, 0.4) is 0 Å². The van der Waals surface area contributed by atoms with Crippen molar-refractivity contribution in [1.29, 1.82) is 0 Å². The van der Waals surface area contributed by atoms with E-state index in [1.807, 2.05) is 43.5 Å². The first-order valence-corrected chi connectivity index (χ1v) is 10.7. The summed E-state index contributed by atoms with van der Waals surface area (Å²) < 4.78 is 7.29. The van der Waals surface area contributed by atoms with Gasteiger partial charge in [-0.05, 0) is 49.9 Å². The number of hydrogen-bond donors (Lipinski definition) is 1. The van der Waals surface area contributed by atoms with Gasteiger partial charge in [-0.3, -0.25) is 4.79 Å². The van der Waals surface area contributed by atoms with Gasteiger partial charge in [-0.1, -0.05) is 31.2 Å². The van der Waals surface area contributed by atoms with Crippen LogP contribution in [0.4, 0.5) is 4.79 Å². The van der Waals surface area contributed by atoms with Crippen molar-refractivity contribution in [3.05, 3.63) is 58.5 Å². The molecule has 1 saturated heterocycles. The van der Waals surface area contributed by atoms with E-state index >= 15 is 0 Å². The topological polar surface area (TPSA) is 71.8 Å². The van der Waals surface area contributed by atoms with Crippen LogP contribution in [0.5, 0.6) is 0 Å². The van der Waals surface area contributed by atoms with Crippen LogP contribution in [0.25, 0.3) is 11.1 Å². The fourth-order valence-electron chi connectivity index (χ4n) is 4.11. The lowest BCUT2D eigenvalue weighted by molar-refractivity contribution is -0.0325. The molecule has 3 rings (SSSR count). The summed E-state index contributed by atoms with van der Waals surface area (Å²) in [6, 6.07) is 11.5. The van der Waals surface area contributed by atoms with Crippen LogP contribution in [-0.2, 0) is 11.3 Å². The molecule has 2 unspecified atom stereocenters. The summed E-state index contributed by atoms with van der Waals surface area (Å²) in [5.74, 6) is 0. The summed E-state index contributed by atoms with van der Waals surface area (Å²) in [4.78, 5) is 26.3. The molecule has 0 radical (unpaired) electrons. The Hall–Kier alpha value is -2.60. The fourth-order valence-corrected chi connectivity index (χ4v) is 4.11. The van der Waals surface area contributed by atoms with Gasteiger partial charge in [0.05, 0.1) is 11.6 Å². The second-order valence-corrected chi connectivity index (χ2v) is 8.59. The highest BCUT2D eigenvalue weighted by Gasteiger charge is 2.34. The average molecular weight is 413 g/mol. The monoisotopic (exact) mass is 412 g/mol. The summed E-state index contributed by atoms with van der Waals surface area (Å²) >= 11 is 0. The van der Waals surface area contributed by atoms with Gasteiger partial charge in [0.1, 0.15) is 6.10 Å². The lowest BCUT2D eigenvalue weighted by Gasteiger charge is -2.38. The van der Waals surface area contributed by atoms with E-state index in [0.717, 1.165) is 23.1 Å². The Labute approximate surface area is 178 Å². The lowest BCUT2D eigenvalue weighted by Crippen LogP contribution is -2.45. The van der Waals surface area contributed by atoms with Crippen LogP contribution in [-0.4, -0.2) is 38.9 Å². The number of cyclic esters (lactones) is 1. The van der Waals surface area contributed by atoms with Gasteiger partial charge < -0.3 is 19.3 Å². The Morgan fingerprint density at radius 3 is 2.33 bits per heavy atom. The molecule has 1 fully saturated rings. The van der Waals surface area contributed by atoms with E-state index in [4.69, 9.17) is 4.74 Å². The fraction of sp³-hybridized carbons (Fsp3) is 0.500. The predicted molar refractivity (Wildman–Crippen MR) is 117 cm³/mol. The molecule has 0 saturated carbocycles. The summed E-state index contributed by atoms with van der Waals surface area (Å²) in [5, 5.41) is 10.00. The molecular formula is C24H32N2O4. The Balaban J connectivity index is 1.75. The second-order valence-electron chi connectivity index (χ2n) is 8.59. The normalized spacial score (nSPS) is 18.2. The molecule has 0 bridgehead atoms. The number of aromatic nitrogens is 1. The minimum absolute atomic E-state index is 0.00424. The van der Waals surface area contributed by atoms with Crippen molar-refractivity contribution in [3.63, 3.8) is 0 Å². The highest BCUT2D eigenvalue weighted by molar-refractivity contribution is 5.69. The molecule has 2 atom stereocenters. The molecule has 0 aliphatic carbocycles. The van der Waals surface area contributed by atoms with Gasteiger partial charge in [0, 0.05) is 38.2 Å². The van der Waals surface area contributed by atoms with E-state index in [1.165, 1.54) is 0 Å². The molecule has 1 amide bonds. The van der Waals surface area contributed by atoms with E-state index in [2.05, 4.69) is 6.92 Å². The molecule has 6 nitrogen and oxygen atoms in total. The largest absolute Gasteiger partial charge is 0.446 e. The third-order valence-corrected chi connectivity index (χ3v) is 5.64. The van der Waals surface area contributed by atoms with Gasteiger partial charge in [0.15, 0.2) is 0 Å². The van der Waals surface area contributed by atoms with Gasteiger partial charge in [0.25, 0.3) is 5.56 Å². The van der Waals surface area contributed by atoms with Crippen LogP contribution in [0.2, 0.25) is 0 Å². The molecule has 1 aromatic heterocycles. The number of benzene rings is 1. The first kappa shape index (κ1) is 22.1. The van der Waals surface area contributed by atoms with Crippen molar-refractivity contribution in [3.8, 4) is 11.1 Å². The molecule has 1 aromatic carbocycles. The van der Waals surface area contributed by atoms with Gasteiger partial charge in [-0.2, -0.15) is 0 Å². The van der Waals surface area contributed by atoms with Gasteiger partial charge in [-0.15, -0.1) is 0 Å². The Bertz CT molecular complexity index is 927. The van der Waals surface area contributed by atoms with Crippen molar-refractivity contribution in [2.75, 3.05) is 6.54 Å². The van der Waals surface area contributed by atoms with Crippen LogP contribution >= 0.6 is 0 Å². The molecule has 0 spiro atoms. The number of hydrogen-bond acceptors (Lipinski definition) is 4. The maximum Gasteiger partial charge on any atom is 0.410 e. The predicted octanol–water partition coefficient (Wildman–Crippen LogP) is 4.36. The SMILES string of the molecule is CCC(c1ccc(-c2ccc(=O)n(CC)c2)cc1)N1CCC(CC(C)(C)O)OC1=O. The summed E-state index contributed by atoms with van der Waals surface area (Å²) in [5.41, 5.74) is 2.22. The zero-order chi connectivity index (χ0) is 21.9. The first-order chi connectivity index (χ1) is 14.2. The molecule has 30 heavy (non-hydrogen) atoms. The number of aliphatic hydroxyl groups is 1. The van der Waals surface area contributed by atoms with Gasteiger partial charge in [0.2, 0.25) is 0 Å². The highest BCUT2D eigenvalue weighted by atomic mass is 16.6. The van der Waals surface area contributed by atoms with Crippen molar-refractivity contribution in [2.24, 2.45) is 0 Å². The van der Waals surface area contributed by atoms with Crippen molar-refractivity contribution < 1.29 is 14.6 Å². The number of aryl methyl sites for hydroxylation is 1. The van der Waals surface area contributed by atoms with Crippen LogP contribution < -0.4 is 5.56 Å². The van der Waals surface area contributed by atoms with E-state index < -0.39 is 5.60 Å². The van der Waals surface area contributed by atoms with E-state index in [-0.39, 0.29) is 23.8 Å². The number of nitrogens with zero attached hydrogens (tertiary/aromatic N) is 2. The zero-order valence-corrected chi connectivity index (χ0v) is 18.3. The molecule has 1 aliphatic rings. The summed E-state index contributed by atoms with van der Waals surface area (Å²) in [6.45, 7) is 8.72. The number of carbonyl (C=O) groups excluding carboxylic acids is 1. The van der Waals surface area contributed by atoms with Crippen molar-refractivity contribution >= 4 is 6.09 Å². The highest BCUT2D eigenvalue weighted by Crippen LogP contribution is 2.31. The minimum atomic E-state index is -0.854. The molecule has 2 heterocycles. The second kappa shape index (κ2) is 9.04. The maximum atomic E-state index is 12.6. The molecule has 1 aliphatic heterocycles. The summed E-state index contributed by atoms with van der Waals surface area (Å²) in [7, 11) is 0. The smallest absolute Gasteiger partial charge is 0.410 e. The van der Waals surface area contributed by atoms with E-state index in [0.29, 0.717) is 25.9 Å². The molecular weight excluding hydrogens is 380 g/mol. The third-order valence-electron chi connectivity index (χ3n) is 5.64. The number of carbonyl (C=O) groups is 1. The molecule has 2 aromatic rings. The number of amides is 1. The number of pyridine rings is 1. The molecule has 162 valence electrons.